The lowest BCUT2D eigenvalue weighted by Gasteiger charge is -2.15. The van der Waals surface area contributed by atoms with E-state index in [0.717, 1.165) is 5.69 Å². The molecular formula is C13H15NO2S. The highest BCUT2D eigenvalue weighted by Crippen LogP contribution is 2.24. The van der Waals surface area contributed by atoms with Crippen molar-refractivity contribution in [2.75, 3.05) is 12.4 Å². The zero-order valence-corrected chi connectivity index (χ0v) is 10.7. The number of fused-ring (bicyclic) bond motifs is 1. The Morgan fingerprint density at radius 1 is 1.47 bits per heavy atom. The van der Waals surface area contributed by atoms with Gasteiger partial charge < -0.3 is 10.1 Å². The van der Waals surface area contributed by atoms with Crippen LogP contribution in [0.3, 0.4) is 0 Å². The molecule has 0 aliphatic carbocycles. The van der Waals surface area contributed by atoms with E-state index >= 15 is 0 Å². The van der Waals surface area contributed by atoms with Crippen LogP contribution in [0.2, 0.25) is 0 Å². The Morgan fingerprint density at radius 2 is 2.29 bits per heavy atom. The van der Waals surface area contributed by atoms with E-state index in [9.17, 15) is 4.79 Å². The molecule has 1 aromatic carbocycles. The highest BCUT2D eigenvalue weighted by atomic mass is 32.1. The number of thiophene rings is 1. The van der Waals surface area contributed by atoms with E-state index in [4.69, 9.17) is 4.74 Å². The lowest BCUT2D eigenvalue weighted by Crippen LogP contribution is -2.29. The maximum Gasteiger partial charge on any atom is 0.328 e. The highest BCUT2D eigenvalue weighted by Gasteiger charge is 2.16. The normalized spacial score (nSPS) is 12.4. The van der Waals surface area contributed by atoms with Gasteiger partial charge in [0, 0.05) is 10.4 Å². The third-order valence-corrected chi connectivity index (χ3v) is 3.59. The van der Waals surface area contributed by atoms with Crippen molar-refractivity contribution in [1.29, 1.82) is 0 Å². The number of hydrogen-bond donors (Lipinski definition) is 1. The van der Waals surface area contributed by atoms with Crippen LogP contribution >= 0.6 is 11.3 Å². The van der Waals surface area contributed by atoms with Crippen LogP contribution in [0.5, 0.6) is 0 Å². The molecule has 1 atom stereocenters. The number of benzene rings is 1. The van der Waals surface area contributed by atoms with Crippen LogP contribution in [-0.4, -0.2) is 19.1 Å². The largest absolute Gasteiger partial charge is 0.467 e. The van der Waals surface area contributed by atoms with Crippen LogP contribution in [0.25, 0.3) is 10.1 Å². The van der Waals surface area contributed by atoms with Crippen LogP contribution in [-0.2, 0) is 9.53 Å². The third kappa shape index (κ3) is 2.58. The molecule has 1 N–H and O–H groups in total. The minimum Gasteiger partial charge on any atom is -0.467 e. The van der Waals surface area contributed by atoms with Gasteiger partial charge in [-0.25, -0.2) is 4.79 Å². The molecule has 4 heteroatoms. The summed E-state index contributed by atoms with van der Waals surface area (Å²) in [6.07, 6.45) is 0.703. The zero-order valence-electron chi connectivity index (χ0n) is 9.90. The molecule has 0 spiro atoms. The predicted octanol–water partition coefficient (Wildman–Crippen LogP) is 3.26. The first kappa shape index (κ1) is 11.9. The molecule has 17 heavy (non-hydrogen) atoms. The van der Waals surface area contributed by atoms with E-state index in [-0.39, 0.29) is 12.0 Å². The fourth-order valence-corrected chi connectivity index (χ4v) is 2.50. The van der Waals surface area contributed by atoms with Gasteiger partial charge in [0.15, 0.2) is 0 Å². The molecule has 1 unspecified atom stereocenters. The maximum absolute atomic E-state index is 11.5. The smallest absolute Gasteiger partial charge is 0.328 e. The molecule has 0 bridgehead atoms. The average Bonchev–Trinajstić information content (AvgIpc) is 2.82. The molecule has 1 heterocycles. The number of hydrogen-bond acceptors (Lipinski definition) is 4. The Balaban J connectivity index is 2.18. The van der Waals surface area contributed by atoms with Gasteiger partial charge in [0.05, 0.1) is 7.11 Å². The molecule has 90 valence electrons. The van der Waals surface area contributed by atoms with Gasteiger partial charge in [-0.2, -0.15) is 0 Å². The number of methoxy groups -OCH3 is 1. The molecule has 0 amide bonds. The van der Waals surface area contributed by atoms with Crippen molar-refractivity contribution in [3.8, 4) is 0 Å². The number of esters is 1. The maximum atomic E-state index is 11.5. The van der Waals surface area contributed by atoms with Crippen molar-refractivity contribution in [3.63, 3.8) is 0 Å². The Morgan fingerprint density at radius 3 is 3.00 bits per heavy atom. The van der Waals surface area contributed by atoms with Crippen molar-refractivity contribution in [2.45, 2.75) is 19.4 Å². The minimum atomic E-state index is -0.281. The van der Waals surface area contributed by atoms with Crippen LogP contribution in [0, 0.1) is 0 Å². The number of carbonyl (C=O) groups is 1. The fraction of sp³-hybridized carbons (Fsp3) is 0.308. The summed E-state index contributed by atoms with van der Waals surface area (Å²) in [5, 5.41) is 6.45. The molecule has 0 fully saturated rings. The molecule has 0 aliphatic rings. The molecule has 1 aromatic heterocycles. The van der Waals surface area contributed by atoms with Crippen LogP contribution < -0.4 is 5.32 Å². The van der Waals surface area contributed by atoms with Crippen molar-refractivity contribution in [2.24, 2.45) is 0 Å². The summed E-state index contributed by atoms with van der Waals surface area (Å²) in [4.78, 5) is 11.5. The average molecular weight is 249 g/mol. The summed E-state index contributed by atoms with van der Waals surface area (Å²) >= 11 is 1.71. The van der Waals surface area contributed by atoms with Crippen LogP contribution in [0.15, 0.2) is 29.6 Å². The Labute approximate surface area is 104 Å². The van der Waals surface area contributed by atoms with Gasteiger partial charge in [0.25, 0.3) is 0 Å². The van der Waals surface area contributed by atoms with Crippen molar-refractivity contribution in [3.05, 3.63) is 29.6 Å². The van der Waals surface area contributed by atoms with E-state index < -0.39 is 0 Å². The van der Waals surface area contributed by atoms with Gasteiger partial charge >= 0.3 is 5.97 Å². The monoisotopic (exact) mass is 249 g/mol. The number of nitrogens with one attached hydrogen (secondary N) is 1. The molecule has 0 aliphatic heterocycles. The van der Waals surface area contributed by atoms with Gasteiger partial charge in [-0.3, -0.25) is 0 Å². The summed E-state index contributed by atoms with van der Waals surface area (Å²) in [7, 11) is 1.41. The summed E-state index contributed by atoms with van der Waals surface area (Å²) in [6, 6.07) is 7.90. The molecule has 0 radical (unpaired) electrons. The molecule has 2 aromatic rings. The van der Waals surface area contributed by atoms with Gasteiger partial charge in [-0.1, -0.05) is 6.92 Å². The number of carbonyl (C=O) groups excluding carboxylic acids is 1. The van der Waals surface area contributed by atoms with Crippen LogP contribution in [0.4, 0.5) is 5.69 Å². The summed E-state index contributed by atoms with van der Waals surface area (Å²) < 4.78 is 6.00. The van der Waals surface area contributed by atoms with E-state index in [1.807, 2.05) is 13.0 Å². The minimum absolute atomic E-state index is 0.224. The van der Waals surface area contributed by atoms with E-state index in [1.165, 1.54) is 17.2 Å². The first-order valence-electron chi connectivity index (χ1n) is 5.56. The molecule has 2 rings (SSSR count). The number of ether oxygens (including phenoxy) is 1. The van der Waals surface area contributed by atoms with Gasteiger partial charge in [0.2, 0.25) is 0 Å². The third-order valence-electron chi connectivity index (χ3n) is 2.69. The van der Waals surface area contributed by atoms with Crippen molar-refractivity contribution >= 4 is 33.1 Å². The van der Waals surface area contributed by atoms with E-state index in [1.54, 1.807) is 11.3 Å². The quantitative estimate of drug-likeness (QED) is 0.845. The first-order valence-corrected chi connectivity index (χ1v) is 6.44. The van der Waals surface area contributed by atoms with Crippen molar-refractivity contribution < 1.29 is 9.53 Å². The second-order valence-electron chi connectivity index (χ2n) is 3.80. The van der Waals surface area contributed by atoms with E-state index in [2.05, 4.69) is 28.9 Å². The lowest BCUT2D eigenvalue weighted by atomic mass is 10.2. The standard InChI is InChI=1S/C13H15NO2S/c1-3-11(13(15)16-2)14-10-4-5-12-9(8-10)6-7-17-12/h4-8,11,14H,3H2,1-2H3. The lowest BCUT2D eigenvalue weighted by molar-refractivity contribution is -0.141. The Kier molecular flexibility index (Phi) is 3.64. The zero-order chi connectivity index (χ0) is 12.3. The molecule has 0 saturated carbocycles. The predicted molar refractivity (Wildman–Crippen MR) is 71.5 cm³/mol. The Hall–Kier alpha value is -1.55. The second kappa shape index (κ2) is 5.19. The Bertz CT molecular complexity index is 521. The summed E-state index contributed by atoms with van der Waals surface area (Å²) in [6.45, 7) is 1.96. The van der Waals surface area contributed by atoms with Gasteiger partial charge in [0.1, 0.15) is 6.04 Å². The topological polar surface area (TPSA) is 38.3 Å². The van der Waals surface area contributed by atoms with Gasteiger partial charge in [-0.05, 0) is 41.5 Å². The number of anilines is 1. The summed E-state index contributed by atoms with van der Waals surface area (Å²) in [5.74, 6) is -0.224. The SMILES string of the molecule is CCC(Nc1ccc2sccc2c1)C(=O)OC. The summed E-state index contributed by atoms with van der Waals surface area (Å²) in [5.41, 5.74) is 0.952. The molecule has 3 nitrogen and oxygen atoms in total. The molecule has 0 saturated heterocycles. The first-order chi connectivity index (χ1) is 8.24. The van der Waals surface area contributed by atoms with Crippen LogP contribution in [0.1, 0.15) is 13.3 Å². The second-order valence-corrected chi connectivity index (χ2v) is 4.75. The van der Waals surface area contributed by atoms with E-state index in [0.29, 0.717) is 6.42 Å². The number of rotatable bonds is 4. The van der Waals surface area contributed by atoms with Crippen molar-refractivity contribution in [1.82, 2.24) is 0 Å². The molecular weight excluding hydrogens is 234 g/mol. The highest BCUT2D eigenvalue weighted by molar-refractivity contribution is 7.17. The van der Waals surface area contributed by atoms with Gasteiger partial charge in [-0.15, -0.1) is 11.3 Å². The fourth-order valence-electron chi connectivity index (χ4n) is 1.73.